The minimum atomic E-state index is -0.456. The Morgan fingerprint density at radius 3 is 2.81 bits per heavy atom. The zero-order chi connectivity index (χ0) is 18.4. The van der Waals surface area contributed by atoms with Gasteiger partial charge in [-0.05, 0) is 37.1 Å². The van der Waals surface area contributed by atoms with E-state index < -0.39 is 11.9 Å². The first-order valence-corrected chi connectivity index (χ1v) is 8.82. The lowest BCUT2D eigenvalue weighted by Gasteiger charge is -2.30. The summed E-state index contributed by atoms with van der Waals surface area (Å²) in [6.45, 7) is 1.72. The number of anilines is 1. The highest BCUT2D eigenvalue weighted by atomic mass is 19.1. The van der Waals surface area contributed by atoms with E-state index in [2.05, 4.69) is 5.32 Å². The van der Waals surface area contributed by atoms with Crippen LogP contribution in [0.15, 0.2) is 48.5 Å². The van der Waals surface area contributed by atoms with Gasteiger partial charge in [0.25, 0.3) is 5.91 Å². The zero-order valence-corrected chi connectivity index (χ0v) is 14.5. The maximum Gasteiger partial charge on any atom is 0.256 e. The maximum absolute atomic E-state index is 13.5. The number of aliphatic hydroxyl groups is 1. The molecule has 0 saturated carbocycles. The van der Waals surface area contributed by atoms with Crippen LogP contribution in [0.3, 0.4) is 0 Å². The molecule has 2 N–H and O–H groups in total. The highest BCUT2D eigenvalue weighted by Crippen LogP contribution is 2.20. The number of amides is 1. The van der Waals surface area contributed by atoms with E-state index in [-0.39, 0.29) is 18.3 Å². The number of aliphatic hydroxyl groups excluding tert-OH is 1. The summed E-state index contributed by atoms with van der Waals surface area (Å²) < 4.78 is 19.0. The van der Waals surface area contributed by atoms with Crippen molar-refractivity contribution in [1.29, 1.82) is 0 Å². The van der Waals surface area contributed by atoms with E-state index in [1.807, 2.05) is 18.2 Å². The Morgan fingerprint density at radius 1 is 1.23 bits per heavy atom. The SMILES string of the molecule is O=C(c1ccccc1NCCOc1ccccc1F)N1CCCC(O)C1. The molecule has 1 heterocycles. The van der Waals surface area contributed by atoms with Crippen LogP contribution in [-0.2, 0) is 0 Å². The zero-order valence-electron chi connectivity index (χ0n) is 14.5. The average Bonchev–Trinajstić information content (AvgIpc) is 2.66. The quantitative estimate of drug-likeness (QED) is 0.780. The summed E-state index contributed by atoms with van der Waals surface area (Å²) in [5.41, 5.74) is 1.27. The summed E-state index contributed by atoms with van der Waals surface area (Å²) in [5.74, 6) is -0.283. The number of β-amino-alcohol motifs (C(OH)–C–C–N with tert-alkyl or cyclic N) is 1. The molecule has 1 unspecified atom stereocenters. The van der Waals surface area contributed by atoms with Crippen molar-refractivity contribution in [3.05, 3.63) is 59.9 Å². The molecule has 2 aromatic rings. The molecular formula is C20H23FN2O3. The molecule has 0 aliphatic carbocycles. The van der Waals surface area contributed by atoms with Gasteiger partial charge >= 0.3 is 0 Å². The molecule has 26 heavy (non-hydrogen) atoms. The Morgan fingerprint density at radius 2 is 2.00 bits per heavy atom. The van der Waals surface area contributed by atoms with Crippen LogP contribution < -0.4 is 10.1 Å². The number of benzene rings is 2. The number of nitrogens with zero attached hydrogens (tertiary/aromatic N) is 1. The Bertz CT molecular complexity index is 753. The van der Waals surface area contributed by atoms with Crippen molar-refractivity contribution in [3.8, 4) is 5.75 Å². The molecule has 0 aromatic heterocycles. The van der Waals surface area contributed by atoms with Gasteiger partial charge in [-0.25, -0.2) is 4.39 Å². The first-order chi connectivity index (χ1) is 12.6. The van der Waals surface area contributed by atoms with Gasteiger partial charge in [0, 0.05) is 25.3 Å². The largest absolute Gasteiger partial charge is 0.489 e. The number of hydrogen-bond acceptors (Lipinski definition) is 4. The molecule has 0 bridgehead atoms. The number of carbonyl (C=O) groups excluding carboxylic acids is 1. The molecule has 1 atom stereocenters. The second-order valence-electron chi connectivity index (χ2n) is 6.30. The number of nitrogens with one attached hydrogen (secondary N) is 1. The van der Waals surface area contributed by atoms with Crippen LogP contribution in [-0.4, -0.2) is 48.3 Å². The number of carbonyl (C=O) groups is 1. The minimum Gasteiger partial charge on any atom is -0.489 e. The summed E-state index contributed by atoms with van der Waals surface area (Å²) in [4.78, 5) is 14.4. The van der Waals surface area contributed by atoms with E-state index >= 15 is 0 Å². The van der Waals surface area contributed by atoms with E-state index in [9.17, 15) is 14.3 Å². The predicted octanol–water partition coefficient (Wildman–Crippen LogP) is 2.91. The number of halogens is 1. The fourth-order valence-electron chi connectivity index (χ4n) is 3.04. The molecule has 3 rings (SSSR count). The highest BCUT2D eigenvalue weighted by Gasteiger charge is 2.24. The van der Waals surface area contributed by atoms with Crippen LogP contribution in [0.5, 0.6) is 5.75 Å². The normalized spacial score (nSPS) is 17.0. The standard InChI is InChI=1S/C20H23FN2O3/c21-17-8-2-4-10-19(17)26-13-11-22-18-9-3-1-7-16(18)20(25)23-12-5-6-15(24)14-23/h1-4,7-10,15,22,24H,5-6,11-14H2. The Balaban J connectivity index is 1.58. The molecule has 2 aromatic carbocycles. The third-order valence-electron chi connectivity index (χ3n) is 4.35. The molecule has 1 amide bonds. The maximum atomic E-state index is 13.5. The molecule has 1 aliphatic heterocycles. The number of para-hydroxylation sites is 2. The van der Waals surface area contributed by atoms with Gasteiger partial charge in [-0.1, -0.05) is 24.3 Å². The number of hydrogen-bond donors (Lipinski definition) is 2. The Labute approximate surface area is 152 Å². The van der Waals surface area contributed by atoms with Crippen molar-refractivity contribution < 1.29 is 19.0 Å². The molecule has 1 aliphatic rings. The predicted molar refractivity (Wildman–Crippen MR) is 98.0 cm³/mol. The summed E-state index contributed by atoms with van der Waals surface area (Å²) in [6.07, 6.45) is 1.08. The molecule has 0 spiro atoms. The van der Waals surface area contributed by atoms with Gasteiger partial charge in [0.15, 0.2) is 11.6 Å². The van der Waals surface area contributed by atoms with E-state index in [0.717, 1.165) is 12.8 Å². The first kappa shape index (κ1) is 18.2. The number of ether oxygens (including phenoxy) is 1. The molecule has 6 heteroatoms. The van der Waals surface area contributed by atoms with Crippen molar-refractivity contribution in [2.24, 2.45) is 0 Å². The molecule has 1 fully saturated rings. The average molecular weight is 358 g/mol. The first-order valence-electron chi connectivity index (χ1n) is 8.82. The molecule has 1 saturated heterocycles. The molecular weight excluding hydrogens is 335 g/mol. The number of piperidine rings is 1. The van der Waals surface area contributed by atoms with E-state index in [4.69, 9.17) is 4.74 Å². The third-order valence-corrected chi connectivity index (χ3v) is 4.35. The summed E-state index contributed by atoms with van der Waals surface area (Å²) in [6, 6.07) is 13.5. The van der Waals surface area contributed by atoms with Crippen LogP contribution in [0, 0.1) is 5.82 Å². The van der Waals surface area contributed by atoms with Crippen molar-refractivity contribution in [2.75, 3.05) is 31.6 Å². The van der Waals surface area contributed by atoms with Crippen LogP contribution in [0.4, 0.5) is 10.1 Å². The van der Waals surface area contributed by atoms with Gasteiger partial charge in [-0.2, -0.15) is 0 Å². The van der Waals surface area contributed by atoms with Crippen LogP contribution >= 0.6 is 0 Å². The van der Waals surface area contributed by atoms with E-state index in [1.54, 1.807) is 29.2 Å². The summed E-state index contributed by atoms with van der Waals surface area (Å²) in [7, 11) is 0. The lowest BCUT2D eigenvalue weighted by molar-refractivity contribution is 0.0474. The highest BCUT2D eigenvalue weighted by molar-refractivity contribution is 5.99. The lowest BCUT2D eigenvalue weighted by atomic mass is 10.1. The van der Waals surface area contributed by atoms with Crippen LogP contribution in [0.2, 0.25) is 0 Å². The summed E-state index contributed by atoms with van der Waals surface area (Å²) in [5, 5.41) is 13.0. The lowest BCUT2D eigenvalue weighted by Crippen LogP contribution is -2.42. The smallest absolute Gasteiger partial charge is 0.256 e. The van der Waals surface area contributed by atoms with Gasteiger partial charge in [0.05, 0.1) is 11.7 Å². The second-order valence-corrected chi connectivity index (χ2v) is 6.30. The molecule has 5 nitrogen and oxygen atoms in total. The number of likely N-dealkylation sites (tertiary alicyclic amines) is 1. The topological polar surface area (TPSA) is 61.8 Å². The van der Waals surface area contributed by atoms with Crippen molar-refractivity contribution in [3.63, 3.8) is 0 Å². The number of rotatable bonds is 6. The summed E-state index contributed by atoms with van der Waals surface area (Å²) >= 11 is 0. The molecule has 0 radical (unpaired) electrons. The molecule has 138 valence electrons. The second kappa shape index (κ2) is 8.67. The fraction of sp³-hybridized carbons (Fsp3) is 0.350. The van der Waals surface area contributed by atoms with Crippen molar-refractivity contribution in [1.82, 2.24) is 4.90 Å². The van der Waals surface area contributed by atoms with Gasteiger partial charge in [0.1, 0.15) is 6.61 Å². The monoisotopic (exact) mass is 358 g/mol. The van der Waals surface area contributed by atoms with Crippen molar-refractivity contribution in [2.45, 2.75) is 18.9 Å². The fourth-order valence-corrected chi connectivity index (χ4v) is 3.04. The van der Waals surface area contributed by atoms with Crippen LogP contribution in [0.1, 0.15) is 23.2 Å². The minimum absolute atomic E-state index is 0.0955. The van der Waals surface area contributed by atoms with Gasteiger partial charge in [0.2, 0.25) is 0 Å². The third kappa shape index (κ3) is 4.52. The van der Waals surface area contributed by atoms with E-state index in [0.29, 0.717) is 30.9 Å². The Kier molecular flexibility index (Phi) is 6.07. The van der Waals surface area contributed by atoms with E-state index in [1.165, 1.54) is 6.07 Å². The van der Waals surface area contributed by atoms with Gasteiger partial charge in [-0.3, -0.25) is 4.79 Å². The van der Waals surface area contributed by atoms with Gasteiger partial charge < -0.3 is 20.1 Å². The van der Waals surface area contributed by atoms with Crippen molar-refractivity contribution >= 4 is 11.6 Å². The van der Waals surface area contributed by atoms with Crippen LogP contribution in [0.25, 0.3) is 0 Å². The van der Waals surface area contributed by atoms with Gasteiger partial charge in [-0.15, -0.1) is 0 Å². The Hall–Kier alpha value is -2.60.